The largest absolute Gasteiger partial charge is 0.444 e. The first-order valence-electron chi connectivity index (χ1n) is 8.03. The van der Waals surface area contributed by atoms with Gasteiger partial charge in [0.2, 0.25) is 0 Å². The Hall–Kier alpha value is -1.26. The van der Waals surface area contributed by atoms with Gasteiger partial charge >= 0.3 is 6.09 Å². The number of rotatable bonds is 3. The third kappa shape index (κ3) is 5.70. The Morgan fingerprint density at radius 1 is 1.22 bits per heavy atom. The van der Waals surface area contributed by atoms with E-state index in [0.29, 0.717) is 19.7 Å². The highest BCUT2D eigenvalue weighted by Crippen LogP contribution is 2.28. The van der Waals surface area contributed by atoms with Crippen LogP contribution in [0.15, 0.2) is 24.3 Å². The third-order valence-corrected chi connectivity index (χ3v) is 4.23. The maximum atomic E-state index is 12.1. The summed E-state index contributed by atoms with van der Waals surface area (Å²) >= 11 is 5.89. The molecule has 4 nitrogen and oxygen atoms in total. The molecule has 1 aromatic rings. The molecule has 1 fully saturated rings. The SMILES string of the molecule is CC(C)(C)OC(=O)N1CCC(C)(OCc2ccc(Cl)cc2)CC1. The van der Waals surface area contributed by atoms with Gasteiger partial charge in [-0.25, -0.2) is 4.79 Å². The van der Waals surface area contributed by atoms with Crippen molar-refractivity contribution in [3.05, 3.63) is 34.9 Å². The Morgan fingerprint density at radius 2 is 1.78 bits per heavy atom. The van der Waals surface area contributed by atoms with Gasteiger partial charge in [0.15, 0.2) is 0 Å². The van der Waals surface area contributed by atoms with Gasteiger partial charge in [-0.05, 0) is 58.2 Å². The van der Waals surface area contributed by atoms with Gasteiger partial charge in [0.05, 0.1) is 12.2 Å². The molecule has 1 aliphatic heterocycles. The van der Waals surface area contributed by atoms with Crippen LogP contribution in [0.1, 0.15) is 46.1 Å². The summed E-state index contributed by atoms with van der Waals surface area (Å²) in [6.45, 7) is 9.63. The quantitative estimate of drug-likeness (QED) is 0.804. The molecule has 1 saturated heterocycles. The molecule has 0 atom stereocenters. The number of carbonyl (C=O) groups excluding carboxylic acids is 1. The predicted octanol–water partition coefficient (Wildman–Crippen LogP) is 4.65. The molecule has 0 aliphatic carbocycles. The van der Waals surface area contributed by atoms with E-state index in [1.807, 2.05) is 45.0 Å². The van der Waals surface area contributed by atoms with Crippen molar-refractivity contribution >= 4 is 17.7 Å². The average Bonchev–Trinajstić information content (AvgIpc) is 2.46. The number of hydrogen-bond acceptors (Lipinski definition) is 3. The molecule has 0 N–H and O–H groups in total. The van der Waals surface area contributed by atoms with E-state index in [2.05, 4.69) is 6.92 Å². The maximum Gasteiger partial charge on any atom is 0.410 e. The molecular weight excluding hydrogens is 314 g/mol. The summed E-state index contributed by atoms with van der Waals surface area (Å²) < 4.78 is 11.5. The summed E-state index contributed by atoms with van der Waals surface area (Å²) in [7, 11) is 0. The molecule has 0 spiro atoms. The number of amides is 1. The molecule has 0 unspecified atom stereocenters. The number of benzene rings is 1. The van der Waals surface area contributed by atoms with Crippen molar-refractivity contribution < 1.29 is 14.3 Å². The lowest BCUT2D eigenvalue weighted by atomic mass is 9.93. The molecule has 1 heterocycles. The number of halogens is 1. The lowest BCUT2D eigenvalue weighted by Gasteiger charge is -2.39. The highest BCUT2D eigenvalue weighted by atomic mass is 35.5. The van der Waals surface area contributed by atoms with Gasteiger partial charge in [0.1, 0.15) is 5.60 Å². The Labute approximate surface area is 143 Å². The number of likely N-dealkylation sites (tertiary alicyclic amines) is 1. The summed E-state index contributed by atoms with van der Waals surface area (Å²) in [4.78, 5) is 13.8. The normalized spacial score (nSPS) is 17.9. The molecule has 1 amide bonds. The number of carbonyl (C=O) groups is 1. The smallest absolute Gasteiger partial charge is 0.410 e. The summed E-state index contributed by atoms with van der Waals surface area (Å²) in [5.41, 5.74) is 0.436. The standard InChI is InChI=1S/C18H26ClNO3/c1-17(2,3)23-16(21)20-11-9-18(4,10-12-20)22-13-14-5-7-15(19)8-6-14/h5-8H,9-13H2,1-4H3. The summed E-state index contributed by atoms with van der Waals surface area (Å²) in [6.07, 6.45) is 1.37. The van der Waals surface area contributed by atoms with Crippen molar-refractivity contribution in [1.29, 1.82) is 0 Å². The van der Waals surface area contributed by atoms with Gasteiger partial charge < -0.3 is 14.4 Å². The molecule has 5 heteroatoms. The fraction of sp³-hybridized carbons (Fsp3) is 0.611. The third-order valence-electron chi connectivity index (χ3n) is 3.97. The minimum absolute atomic E-state index is 0.210. The summed E-state index contributed by atoms with van der Waals surface area (Å²) in [5, 5.41) is 0.727. The fourth-order valence-corrected chi connectivity index (χ4v) is 2.60. The van der Waals surface area contributed by atoms with Crippen LogP contribution < -0.4 is 0 Å². The van der Waals surface area contributed by atoms with Crippen LogP contribution in [-0.4, -0.2) is 35.3 Å². The van der Waals surface area contributed by atoms with E-state index in [0.717, 1.165) is 23.4 Å². The molecule has 0 radical (unpaired) electrons. The van der Waals surface area contributed by atoms with E-state index >= 15 is 0 Å². The number of hydrogen-bond donors (Lipinski definition) is 0. The molecule has 1 aliphatic rings. The number of ether oxygens (including phenoxy) is 2. The lowest BCUT2D eigenvalue weighted by molar-refractivity contribution is -0.0811. The Bertz CT molecular complexity index is 528. The molecule has 128 valence electrons. The zero-order valence-electron chi connectivity index (χ0n) is 14.4. The van der Waals surface area contributed by atoms with E-state index < -0.39 is 5.60 Å². The van der Waals surface area contributed by atoms with Crippen molar-refractivity contribution in [3.8, 4) is 0 Å². The topological polar surface area (TPSA) is 38.8 Å². The zero-order valence-corrected chi connectivity index (χ0v) is 15.2. The van der Waals surface area contributed by atoms with Crippen LogP contribution >= 0.6 is 11.6 Å². The molecular formula is C18H26ClNO3. The van der Waals surface area contributed by atoms with Crippen LogP contribution in [-0.2, 0) is 16.1 Å². The first-order valence-corrected chi connectivity index (χ1v) is 8.41. The number of piperidine rings is 1. The minimum Gasteiger partial charge on any atom is -0.444 e. The Balaban J connectivity index is 1.82. The molecule has 1 aromatic carbocycles. The van der Waals surface area contributed by atoms with Crippen LogP contribution in [0.2, 0.25) is 5.02 Å². The second-order valence-corrected chi connectivity index (χ2v) is 7.77. The second-order valence-electron chi connectivity index (χ2n) is 7.33. The molecule has 0 aromatic heterocycles. The van der Waals surface area contributed by atoms with Gasteiger partial charge in [0, 0.05) is 18.1 Å². The van der Waals surface area contributed by atoms with E-state index in [-0.39, 0.29) is 11.7 Å². The lowest BCUT2D eigenvalue weighted by Crippen LogP contribution is -2.47. The minimum atomic E-state index is -0.455. The van der Waals surface area contributed by atoms with Crippen molar-refractivity contribution in [2.24, 2.45) is 0 Å². The molecule has 0 bridgehead atoms. The van der Waals surface area contributed by atoms with E-state index in [4.69, 9.17) is 21.1 Å². The van der Waals surface area contributed by atoms with Gasteiger partial charge in [0.25, 0.3) is 0 Å². The maximum absolute atomic E-state index is 12.1. The van der Waals surface area contributed by atoms with Gasteiger partial charge in [-0.15, -0.1) is 0 Å². The van der Waals surface area contributed by atoms with Crippen LogP contribution in [0.4, 0.5) is 4.79 Å². The predicted molar refractivity (Wildman–Crippen MR) is 91.7 cm³/mol. The number of nitrogens with zero attached hydrogens (tertiary/aromatic N) is 1. The van der Waals surface area contributed by atoms with E-state index in [1.165, 1.54) is 0 Å². The second kappa shape index (κ2) is 7.10. The molecule has 2 rings (SSSR count). The van der Waals surface area contributed by atoms with Crippen molar-refractivity contribution in [2.45, 2.75) is 58.3 Å². The monoisotopic (exact) mass is 339 g/mol. The highest BCUT2D eigenvalue weighted by molar-refractivity contribution is 6.30. The van der Waals surface area contributed by atoms with Crippen LogP contribution in [0.25, 0.3) is 0 Å². The molecule has 23 heavy (non-hydrogen) atoms. The van der Waals surface area contributed by atoms with Gasteiger partial charge in [-0.3, -0.25) is 0 Å². The fourth-order valence-electron chi connectivity index (χ4n) is 2.47. The zero-order chi connectivity index (χ0) is 17.1. The van der Waals surface area contributed by atoms with Gasteiger partial charge in [-0.1, -0.05) is 23.7 Å². The summed E-state index contributed by atoms with van der Waals surface area (Å²) in [6, 6.07) is 7.68. The highest BCUT2D eigenvalue weighted by Gasteiger charge is 2.34. The van der Waals surface area contributed by atoms with E-state index in [1.54, 1.807) is 4.90 Å². The van der Waals surface area contributed by atoms with Crippen LogP contribution in [0.3, 0.4) is 0 Å². The first-order chi connectivity index (χ1) is 10.7. The van der Waals surface area contributed by atoms with Crippen LogP contribution in [0.5, 0.6) is 0 Å². The molecule has 0 saturated carbocycles. The Kier molecular flexibility index (Phi) is 5.58. The van der Waals surface area contributed by atoms with E-state index in [9.17, 15) is 4.79 Å². The van der Waals surface area contributed by atoms with Crippen molar-refractivity contribution in [2.75, 3.05) is 13.1 Å². The first kappa shape index (κ1) is 18.1. The van der Waals surface area contributed by atoms with Crippen LogP contribution in [0, 0.1) is 0 Å². The van der Waals surface area contributed by atoms with Crippen molar-refractivity contribution in [3.63, 3.8) is 0 Å². The average molecular weight is 340 g/mol. The summed E-state index contributed by atoms with van der Waals surface area (Å²) in [5.74, 6) is 0. The Morgan fingerprint density at radius 3 is 2.30 bits per heavy atom. The van der Waals surface area contributed by atoms with Gasteiger partial charge in [-0.2, -0.15) is 0 Å². The van der Waals surface area contributed by atoms with Crippen molar-refractivity contribution in [1.82, 2.24) is 4.90 Å².